The predicted octanol–water partition coefficient (Wildman–Crippen LogP) is 2.93. The largest absolute Gasteiger partial charge is 0.503 e. The Labute approximate surface area is 152 Å². The van der Waals surface area contributed by atoms with Gasteiger partial charge in [-0.25, -0.2) is 4.79 Å². The van der Waals surface area contributed by atoms with Crippen molar-refractivity contribution in [2.24, 2.45) is 5.41 Å². The third-order valence-electron chi connectivity index (χ3n) is 1.34. The highest BCUT2D eigenvalue weighted by Gasteiger charge is 2.26. The van der Waals surface area contributed by atoms with Crippen LogP contribution in [-0.4, -0.2) is 63.2 Å². The fraction of sp³-hybridized carbons (Fsp3) is 0.500. The third kappa shape index (κ3) is 87.7. The lowest BCUT2D eigenvalue weighted by Gasteiger charge is -2.23. The van der Waals surface area contributed by atoms with Crippen LogP contribution in [0.5, 0.6) is 0 Å². The van der Waals surface area contributed by atoms with Crippen molar-refractivity contribution in [3.05, 3.63) is 50.6 Å². The molecule has 0 fully saturated rings. The Balaban J connectivity index is -0.0000000478. The molecule has 0 aromatic rings. The molecular weight excluding hydrogens is 328 g/mol. The van der Waals surface area contributed by atoms with Crippen LogP contribution in [0.15, 0.2) is 50.6 Å². The first kappa shape index (κ1) is 38.6. The first-order valence-electron chi connectivity index (χ1n) is 7.27. The second-order valence-corrected chi connectivity index (χ2v) is 4.05. The molecule has 0 amide bonds. The highest BCUT2D eigenvalue weighted by Crippen LogP contribution is 2.11. The molecule has 152 valence electrons. The van der Waals surface area contributed by atoms with Gasteiger partial charge in [0.1, 0.15) is 0 Å². The maximum Gasteiger partial charge on any atom is 0.503 e. The lowest BCUT2D eigenvalue weighted by molar-refractivity contribution is -0.0328. The molecule has 0 unspecified atom stereocenters. The Kier molecular flexibility index (Phi) is 66.6. The van der Waals surface area contributed by atoms with Crippen molar-refractivity contribution in [2.75, 3.05) is 26.4 Å². The van der Waals surface area contributed by atoms with E-state index < -0.39 is 38.0 Å². The van der Waals surface area contributed by atoms with E-state index in [1.807, 2.05) is 27.7 Å². The minimum Gasteiger partial charge on any atom is -0.450 e. The minimum atomic E-state index is -1.83. The van der Waals surface area contributed by atoms with Crippen molar-refractivity contribution < 1.29 is 35.4 Å². The molecule has 0 atom stereocenters. The molecule has 0 bridgehead atoms. The molecule has 0 rings (SSSR count). The van der Waals surface area contributed by atoms with Crippen LogP contribution < -0.4 is 0 Å². The molecule has 0 aromatic carbocycles. The van der Waals surface area contributed by atoms with E-state index >= 15 is 0 Å². The quantitative estimate of drug-likeness (QED) is 0.421. The number of hydrogen-bond acceptors (Lipinski definition) is 5. The van der Waals surface area contributed by atoms with Gasteiger partial charge in [0.05, 0.1) is 31.8 Å². The van der Waals surface area contributed by atoms with Crippen LogP contribution >= 0.6 is 0 Å². The van der Waals surface area contributed by atoms with E-state index in [-0.39, 0.29) is 0 Å². The van der Waals surface area contributed by atoms with Gasteiger partial charge in [-0.15, -0.1) is 26.3 Å². The average Bonchev–Trinajstić information content (AvgIpc) is 2.53. The molecular formula is C18H38O7. The summed E-state index contributed by atoms with van der Waals surface area (Å²) in [5, 5.41) is 47.9. The zero-order chi connectivity index (χ0) is 21.7. The summed E-state index contributed by atoms with van der Waals surface area (Å²) in [5.74, 6) is 0. The van der Waals surface area contributed by atoms with Crippen molar-refractivity contribution in [3.8, 4) is 0 Å². The van der Waals surface area contributed by atoms with Gasteiger partial charge < -0.3 is 30.6 Å². The molecule has 0 aliphatic heterocycles. The molecule has 7 nitrogen and oxygen atoms in total. The number of carboxylic acid groups (broad SMARTS) is 2. The average molecular weight is 366 g/mol. The van der Waals surface area contributed by atoms with E-state index in [9.17, 15) is 0 Å². The zero-order valence-electron chi connectivity index (χ0n) is 16.1. The summed E-state index contributed by atoms with van der Waals surface area (Å²) in [6, 6.07) is 0. The Morgan fingerprint density at radius 1 is 0.680 bits per heavy atom. The number of rotatable bonds is 4. The summed E-state index contributed by atoms with van der Waals surface area (Å²) in [7, 11) is 0. The summed E-state index contributed by atoms with van der Waals surface area (Å²) < 4.78 is 0. The number of carbonyl (C=O) groups is 1. The number of allylic oxidation sites excluding steroid dienone is 4. The number of aliphatic hydroxyl groups excluding tert-OH is 4. The van der Waals surface area contributed by atoms with E-state index in [0.717, 1.165) is 0 Å². The SMILES string of the molecule is C=CC.C=CC.C=CC.C=CC.O=C(O)O.OCC(CO)(CO)CO. The summed E-state index contributed by atoms with van der Waals surface area (Å²) in [6.07, 6.45) is 5.17. The van der Waals surface area contributed by atoms with Crippen LogP contribution in [0.25, 0.3) is 0 Å². The lowest BCUT2D eigenvalue weighted by Crippen LogP contribution is -2.37. The van der Waals surface area contributed by atoms with Crippen molar-refractivity contribution in [2.45, 2.75) is 27.7 Å². The number of hydrogen-bond donors (Lipinski definition) is 6. The number of aliphatic hydroxyl groups is 4. The van der Waals surface area contributed by atoms with Gasteiger partial charge in [0.15, 0.2) is 0 Å². The molecule has 0 spiro atoms. The molecule has 0 saturated carbocycles. The van der Waals surface area contributed by atoms with E-state index in [4.69, 9.17) is 35.4 Å². The molecule has 0 radical (unpaired) electrons. The van der Waals surface area contributed by atoms with E-state index in [1.165, 1.54) is 0 Å². The van der Waals surface area contributed by atoms with E-state index in [1.54, 1.807) is 24.3 Å². The van der Waals surface area contributed by atoms with E-state index in [0.29, 0.717) is 0 Å². The fourth-order valence-corrected chi connectivity index (χ4v) is 0.300. The Morgan fingerprint density at radius 2 is 0.760 bits per heavy atom. The highest BCUT2D eigenvalue weighted by molar-refractivity contribution is 5.53. The van der Waals surface area contributed by atoms with Crippen LogP contribution in [0.3, 0.4) is 0 Å². The van der Waals surface area contributed by atoms with Gasteiger partial charge in [0.2, 0.25) is 0 Å². The van der Waals surface area contributed by atoms with Crippen LogP contribution in [-0.2, 0) is 0 Å². The Morgan fingerprint density at radius 3 is 0.760 bits per heavy atom. The maximum absolute atomic E-state index is 8.56. The smallest absolute Gasteiger partial charge is 0.450 e. The standard InChI is InChI=1S/C5H12O4.4C3H6.CH2O3/c6-1-5(2-7,3-8)4-9;4*1-3-2;2-1(3)4/h6-9H,1-4H2;4*3H,1H2,2H3;(H2,2,3,4). The van der Waals surface area contributed by atoms with Gasteiger partial charge in [-0.05, 0) is 27.7 Å². The second-order valence-electron chi connectivity index (χ2n) is 4.05. The lowest BCUT2D eigenvalue weighted by atomic mass is 9.93. The topological polar surface area (TPSA) is 138 Å². The molecule has 0 saturated heterocycles. The molecule has 0 aliphatic carbocycles. The maximum atomic E-state index is 8.56. The van der Waals surface area contributed by atoms with Crippen LogP contribution in [0, 0.1) is 5.41 Å². The van der Waals surface area contributed by atoms with Gasteiger partial charge in [-0.3, -0.25) is 0 Å². The molecule has 25 heavy (non-hydrogen) atoms. The Hall–Kier alpha value is -1.93. The summed E-state index contributed by atoms with van der Waals surface area (Å²) >= 11 is 0. The van der Waals surface area contributed by atoms with Gasteiger partial charge in [0.25, 0.3) is 0 Å². The molecule has 0 heterocycles. The molecule has 0 aliphatic rings. The van der Waals surface area contributed by atoms with E-state index in [2.05, 4.69) is 26.3 Å². The Bertz CT molecular complexity index is 227. The van der Waals surface area contributed by atoms with Crippen LogP contribution in [0.2, 0.25) is 0 Å². The van der Waals surface area contributed by atoms with Crippen molar-refractivity contribution in [1.29, 1.82) is 0 Å². The normalized spacial score (nSPS) is 7.36. The third-order valence-corrected chi connectivity index (χ3v) is 1.34. The highest BCUT2D eigenvalue weighted by atomic mass is 16.6. The first-order valence-corrected chi connectivity index (χ1v) is 7.27. The van der Waals surface area contributed by atoms with Gasteiger partial charge >= 0.3 is 6.16 Å². The predicted molar refractivity (Wildman–Crippen MR) is 105 cm³/mol. The second kappa shape index (κ2) is 43.1. The van der Waals surface area contributed by atoms with Gasteiger partial charge in [-0.1, -0.05) is 24.3 Å². The monoisotopic (exact) mass is 366 g/mol. The van der Waals surface area contributed by atoms with Gasteiger partial charge in [-0.2, -0.15) is 0 Å². The van der Waals surface area contributed by atoms with Gasteiger partial charge in [0, 0.05) is 0 Å². The first-order chi connectivity index (χ1) is 11.6. The van der Waals surface area contributed by atoms with Crippen LogP contribution in [0.1, 0.15) is 27.7 Å². The van der Waals surface area contributed by atoms with Crippen molar-refractivity contribution in [1.82, 2.24) is 0 Å². The zero-order valence-corrected chi connectivity index (χ0v) is 16.1. The fourth-order valence-electron chi connectivity index (χ4n) is 0.300. The summed E-state index contributed by atoms with van der Waals surface area (Å²) in [6.45, 7) is 19.4. The molecule has 7 heteroatoms. The van der Waals surface area contributed by atoms with Crippen molar-refractivity contribution in [3.63, 3.8) is 0 Å². The summed E-state index contributed by atoms with van der Waals surface area (Å²) in [5.41, 5.74) is -1.11. The van der Waals surface area contributed by atoms with Crippen LogP contribution in [0.4, 0.5) is 4.79 Å². The molecule has 6 N–H and O–H groups in total. The minimum absolute atomic E-state index is 0.406. The summed E-state index contributed by atoms with van der Waals surface area (Å²) in [4.78, 5) is 8.56. The van der Waals surface area contributed by atoms with Crippen molar-refractivity contribution >= 4 is 6.16 Å². The molecule has 0 aromatic heterocycles.